The SMILES string of the molecule is CCOc1cc(/C=C2\SC(=S)N([C@H](C)C(=O)OC)C2=O)ccc1O. The third-order valence-electron chi connectivity index (χ3n) is 3.33. The average molecular weight is 367 g/mol. The third-order valence-corrected chi connectivity index (χ3v) is 4.67. The standard InChI is InChI=1S/C16H17NO5S2/c1-4-22-12-7-10(5-6-11(12)18)8-13-14(19)17(16(23)24-13)9(2)15(20)21-3/h5-9,18H,4H2,1-3H3/b13-8-/t9-/m1/s1. The highest BCUT2D eigenvalue weighted by atomic mass is 32.2. The van der Waals surface area contributed by atoms with Gasteiger partial charge in [-0.3, -0.25) is 9.69 Å². The van der Waals surface area contributed by atoms with Crippen LogP contribution in [0.5, 0.6) is 11.5 Å². The second kappa shape index (κ2) is 7.67. The molecule has 128 valence electrons. The van der Waals surface area contributed by atoms with E-state index in [0.29, 0.717) is 27.1 Å². The molecule has 1 fully saturated rings. The predicted molar refractivity (Wildman–Crippen MR) is 95.8 cm³/mol. The fourth-order valence-corrected chi connectivity index (χ4v) is 3.55. The molecular weight excluding hydrogens is 350 g/mol. The summed E-state index contributed by atoms with van der Waals surface area (Å²) in [7, 11) is 1.26. The van der Waals surface area contributed by atoms with Crippen LogP contribution in [0.4, 0.5) is 0 Å². The van der Waals surface area contributed by atoms with Crippen LogP contribution in [0.15, 0.2) is 23.1 Å². The summed E-state index contributed by atoms with van der Waals surface area (Å²) in [5.41, 5.74) is 0.683. The van der Waals surface area contributed by atoms with E-state index < -0.39 is 12.0 Å². The largest absolute Gasteiger partial charge is 0.504 e. The molecule has 0 aromatic heterocycles. The van der Waals surface area contributed by atoms with Crippen molar-refractivity contribution in [3.8, 4) is 11.5 Å². The molecule has 2 rings (SSSR count). The molecule has 0 aliphatic carbocycles. The fourth-order valence-electron chi connectivity index (χ4n) is 2.13. The average Bonchev–Trinajstić information content (AvgIpc) is 2.83. The first kappa shape index (κ1) is 18.3. The number of esters is 1. The summed E-state index contributed by atoms with van der Waals surface area (Å²) >= 11 is 6.31. The zero-order chi connectivity index (χ0) is 17.9. The van der Waals surface area contributed by atoms with Gasteiger partial charge in [0.15, 0.2) is 11.5 Å². The van der Waals surface area contributed by atoms with Crippen molar-refractivity contribution in [3.63, 3.8) is 0 Å². The minimum absolute atomic E-state index is 0.0286. The summed E-state index contributed by atoms with van der Waals surface area (Å²) in [4.78, 5) is 25.8. The van der Waals surface area contributed by atoms with Crippen LogP contribution in [-0.4, -0.2) is 46.0 Å². The Kier molecular flexibility index (Phi) is 5.84. The van der Waals surface area contributed by atoms with Gasteiger partial charge in [-0.2, -0.15) is 0 Å². The molecular formula is C16H17NO5S2. The zero-order valence-electron chi connectivity index (χ0n) is 13.4. The number of hydrogen-bond acceptors (Lipinski definition) is 7. The molecule has 1 aromatic rings. The van der Waals surface area contributed by atoms with E-state index in [9.17, 15) is 14.7 Å². The number of carbonyl (C=O) groups excluding carboxylic acids is 2. The van der Waals surface area contributed by atoms with E-state index in [4.69, 9.17) is 17.0 Å². The lowest BCUT2D eigenvalue weighted by molar-refractivity contribution is -0.147. The lowest BCUT2D eigenvalue weighted by Gasteiger charge is -2.20. The summed E-state index contributed by atoms with van der Waals surface area (Å²) in [6, 6.07) is 4.00. The molecule has 0 radical (unpaired) electrons. The van der Waals surface area contributed by atoms with Gasteiger partial charge >= 0.3 is 5.97 Å². The van der Waals surface area contributed by atoms with Crippen LogP contribution in [0.2, 0.25) is 0 Å². The van der Waals surface area contributed by atoms with E-state index in [1.807, 2.05) is 6.92 Å². The molecule has 1 atom stereocenters. The van der Waals surface area contributed by atoms with Crippen molar-refractivity contribution in [2.24, 2.45) is 0 Å². The Balaban J connectivity index is 2.29. The smallest absolute Gasteiger partial charge is 0.328 e. The number of carbonyl (C=O) groups is 2. The Morgan fingerprint density at radius 2 is 2.21 bits per heavy atom. The topological polar surface area (TPSA) is 76.1 Å². The van der Waals surface area contributed by atoms with E-state index in [0.717, 1.165) is 11.8 Å². The highest BCUT2D eigenvalue weighted by Crippen LogP contribution is 2.35. The number of thiocarbonyl (C=S) groups is 1. The Morgan fingerprint density at radius 3 is 2.83 bits per heavy atom. The Bertz CT molecular complexity index is 716. The number of methoxy groups -OCH3 is 1. The number of rotatable bonds is 5. The minimum atomic E-state index is -0.785. The summed E-state index contributed by atoms with van der Waals surface area (Å²) in [6.07, 6.45) is 1.64. The molecule has 0 unspecified atom stereocenters. The van der Waals surface area contributed by atoms with Crippen LogP contribution in [0, 0.1) is 0 Å². The van der Waals surface area contributed by atoms with Gasteiger partial charge in [0.1, 0.15) is 10.4 Å². The van der Waals surface area contributed by atoms with Gasteiger partial charge in [0, 0.05) is 0 Å². The Labute approximate surface area is 149 Å². The maximum atomic E-state index is 12.5. The van der Waals surface area contributed by atoms with Gasteiger partial charge in [0.05, 0.1) is 18.6 Å². The molecule has 0 saturated carbocycles. The highest BCUT2D eigenvalue weighted by molar-refractivity contribution is 8.26. The second-order valence-electron chi connectivity index (χ2n) is 4.91. The minimum Gasteiger partial charge on any atom is -0.504 e. The van der Waals surface area contributed by atoms with Gasteiger partial charge in [-0.25, -0.2) is 4.79 Å². The quantitative estimate of drug-likeness (QED) is 0.487. The molecule has 1 aliphatic rings. The molecule has 1 aliphatic heterocycles. The van der Waals surface area contributed by atoms with E-state index in [1.165, 1.54) is 18.1 Å². The Morgan fingerprint density at radius 1 is 1.50 bits per heavy atom. The van der Waals surface area contributed by atoms with E-state index >= 15 is 0 Å². The number of aromatic hydroxyl groups is 1. The van der Waals surface area contributed by atoms with Crippen LogP contribution in [0.25, 0.3) is 6.08 Å². The van der Waals surface area contributed by atoms with Crippen LogP contribution < -0.4 is 4.74 Å². The van der Waals surface area contributed by atoms with Crippen LogP contribution in [0.1, 0.15) is 19.4 Å². The molecule has 0 bridgehead atoms. The maximum Gasteiger partial charge on any atom is 0.328 e. The van der Waals surface area contributed by atoms with E-state index in [2.05, 4.69) is 4.74 Å². The number of benzene rings is 1. The van der Waals surface area contributed by atoms with Crippen molar-refractivity contribution >= 4 is 46.3 Å². The van der Waals surface area contributed by atoms with Crippen molar-refractivity contribution in [3.05, 3.63) is 28.7 Å². The van der Waals surface area contributed by atoms with Crippen LogP contribution in [0.3, 0.4) is 0 Å². The van der Waals surface area contributed by atoms with E-state index in [1.54, 1.807) is 25.1 Å². The molecule has 6 nitrogen and oxygen atoms in total. The van der Waals surface area contributed by atoms with Gasteiger partial charge in [0.25, 0.3) is 5.91 Å². The molecule has 0 spiro atoms. The molecule has 1 amide bonds. The van der Waals surface area contributed by atoms with Crippen molar-refractivity contribution < 1.29 is 24.2 Å². The highest BCUT2D eigenvalue weighted by Gasteiger charge is 2.38. The van der Waals surface area contributed by atoms with Gasteiger partial charge in [-0.15, -0.1) is 0 Å². The third kappa shape index (κ3) is 3.70. The fraction of sp³-hybridized carbons (Fsp3) is 0.312. The first-order chi connectivity index (χ1) is 11.4. The molecule has 1 heterocycles. The summed E-state index contributed by atoms with van der Waals surface area (Å²) < 4.78 is 10.3. The first-order valence-electron chi connectivity index (χ1n) is 7.19. The van der Waals surface area contributed by atoms with Crippen molar-refractivity contribution in [1.29, 1.82) is 0 Å². The molecule has 8 heteroatoms. The van der Waals surface area contributed by atoms with Gasteiger partial charge in [0.2, 0.25) is 0 Å². The zero-order valence-corrected chi connectivity index (χ0v) is 15.1. The number of thioether (sulfide) groups is 1. The molecule has 1 saturated heterocycles. The van der Waals surface area contributed by atoms with Crippen LogP contribution >= 0.6 is 24.0 Å². The normalized spacial score (nSPS) is 17.3. The van der Waals surface area contributed by atoms with Gasteiger partial charge < -0.3 is 14.6 Å². The van der Waals surface area contributed by atoms with Gasteiger partial charge in [-0.05, 0) is 37.6 Å². The maximum absolute atomic E-state index is 12.5. The summed E-state index contributed by atoms with van der Waals surface area (Å²) in [5, 5.41) is 9.73. The Hall–Kier alpha value is -2.06. The number of phenolic OH excluding ortho intramolecular Hbond substituents is 1. The number of nitrogens with zero attached hydrogens (tertiary/aromatic N) is 1. The second-order valence-corrected chi connectivity index (χ2v) is 6.59. The van der Waals surface area contributed by atoms with Crippen molar-refractivity contribution in [2.75, 3.05) is 13.7 Å². The van der Waals surface area contributed by atoms with Crippen molar-refractivity contribution in [2.45, 2.75) is 19.9 Å². The monoisotopic (exact) mass is 367 g/mol. The van der Waals surface area contributed by atoms with Crippen LogP contribution in [-0.2, 0) is 14.3 Å². The lowest BCUT2D eigenvalue weighted by atomic mass is 10.2. The summed E-state index contributed by atoms with van der Waals surface area (Å²) in [6.45, 7) is 3.79. The summed E-state index contributed by atoms with van der Waals surface area (Å²) in [5.74, 6) is -0.518. The van der Waals surface area contributed by atoms with Gasteiger partial charge in [-0.1, -0.05) is 30.0 Å². The molecule has 1 N–H and O–H groups in total. The molecule has 24 heavy (non-hydrogen) atoms. The molecule has 1 aromatic carbocycles. The number of phenols is 1. The number of hydrogen-bond donors (Lipinski definition) is 1. The lowest BCUT2D eigenvalue weighted by Crippen LogP contribution is -2.42. The number of amides is 1. The van der Waals surface area contributed by atoms with E-state index in [-0.39, 0.29) is 11.7 Å². The van der Waals surface area contributed by atoms with Crippen molar-refractivity contribution in [1.82, 2.24) is 4.90 Å². The first-order valence-corrected chi connectivity index (χ1v) is 8.42. The number of ether oxygens (including phenoxy) is 2. The predicted octanol–water partition coefficient (Wildman–Crippen LogP) is 2.55.